The summed E-state index contributed by atoms with van der Waals surface area (Å²) in [6.45, 7) is 11.2. The highest BCUT2D eigenvalue weighted by Crippen LogP contribution is 2.68. The molecule has 0 amide bonds. The fourth-order valence-corrected chi connectivity index (χ4v) is 8.95. The Balaban J connectivity index is 0.00000117. The first-order valence-electron chi connectivity index (χ1n) is 12.7. The summed E-state index contributed by atoms with van der Waals surface area (Å²) in [4.78, 5) is 11.1. The van der Waals surface area contributed by atoms with Crippen molar-refractivity contribution in [1.82, 2.24) is 0 Å². The summed E-state index contributed by atoms with van der Waals surface area (Å²) in [6, 6.07) is 0. The van der Waals surface area contributed by atoms with Crippen molar-refractivity contribution in [1.29, 1.82) is 0 Å². The summed E-state index contributed by atoms with van der Waals surface area (Å²) in [7, 11) is 0. The molecule has 3 heteroatoms. The lowest BCUT2D eigenvalue weighted by Gasteiger charge is -2.62. The molecular weight excluding hydrogens is 360 g/mol. The van der Waals surface area contributed by atoms with Gasteiger partial charge in [0.15, 0.2) is 0 Å². The molecule has 4 rings (SSSR count). The molecule has 0 spiro atoms. The number of aliphatic hydroxyl groups is 1. The Hall–Kier alpha value is -0.570. The summed E-state index contributed by atoms with van der Waals surface area (Å²) < 4.78 is 0. The van der Waals surface area contributed by atoms with Crippen LogP contribution in [-0.4, -0.2) is 22.3 Å². The summed E-state index contributed by atoms with van der Waals surface area (Å²) in [6.07, 6.45) is 12.5. The highest BCUT2D eigenvalue weighted by Gasteiger charge is 2.62. The van der Waals surface area contributed by atoms with E-state index in [2.05, 4.69) is 20.8 Å². The molecule has 4 fully saturated rings. The fraction of sp³-hybridized carbons (Fsp3) is 0.962. The monoisotopic (exact) mass is 406 g/mol. The van der Waals surface area contributed by atoms with E-state index in [0.717, 1.165) is 24.7 Å². The number of carbonyl (C=O) groups is 1. The van der Waals surface area contributed by atoms with Gasteiger partial charge in [-0.1, -0.05) is 47.5 Å². The van der Waals surface area contributed by atoms with Crippen LogP contribution >= 0.6 is 0 Å². The van der Waals surface area contributed by atoms with Gasteiger partial charge in [0.1, 0.15) is 0 Å². The third-order valence-electron chi connectivity index (χ3n) is 10.1. The highest BCUT2D eigenvalue weighted by molar-refractivity contribution is 5.66. The van der Waals surface area contributed by atoms with E-state index in [4.69, 9.17) is 5.11 Å². The van der Waals surface area contributed by atoms with Gasteiger partial charge >= 0.3 is 5.97 Å². The second-order valence-corrected chi connectivity index (χ2v) is 11.2. The Labute approximate surface area is 179 Å². The Bertz CT molecular complexity index is 574. The maximum atomic E-state index is 11.4. The minimum absolute atomic E-state index is 0.158. The zero-order chi connectivity index (χ0) is 21.4. The number of hydrogen-bond donors (Lipinski definition) is 2. The first-order valence-corrected chi connectivity index (χ1v) is 12.7. The van der Waals surface area contributed by atoms with Gasteiger partial charge in [-0.25, -0.2) is 0 Å². The third-order valence-corrected chi connectivity index (χ3v) is 10.1. The third kappa shape index (κ3) is 3.90. The quantitative estimate of drug-likeness (QED) is 0.558. The zero-order valence-electron chi connectivity index (χ0n) is 19.6. The molecule has 0 bridgehead atoms. The number of carboxylic acids is 1. The van der Waals surface area contributed by atoms with Crippen LogP contribution in [0.15, 0.2) is 0 Å². The van der Waals surface area contributed by atoms with Crippen LogP contribution in [0.4, 0.5) is 0 Å². The van der Waals surface area contributed by atoms with Crippen molar-refractivity contribution in [3.63, 3.8) is 0 Å². The molecule has 0 aromatic heterocycles. The van der Waals surface area contributed by atoms with Crippen LogP contribution < -0.4 is 0 Å². The number of rotatable bonds is 4. The first-order chi connectivity index (χ1) is 13.8. The molecule has 4 saturated carbocycles. The molecule has 0 saturated heterocycles. The fourth-order valence-electron chi connectivity index (χ4n) is 8.95. The normalized spacial score (nSPS) is 47.1. The largest absolute Gasteiger partial charge is 0.481 e. The summed E-state index contributed by atoms with van der Waals surface area (Å²) in [5.74, 6) is 3.11. The topological polar surface area (TPSA) is 57.5 Å². The number of aliphatic carboxylic acids is 1. The van der Waals surface area contributed by atoms with E-state index in [9.17, 15) is 9.90 Å². The molecule has 0 aromatic rings. The lowest BCUT2D eigenvalue weighted by molar-refractivity contribution is -0.171. The first kappa shape index (κ1) is 23.1. The van der Waals surface area contributed by atoms with E-state index in [1.165, 1.54) is 51.4 Å². The second kappa shape index (κ2) is 8.89. The van der Waals surface area contributed by atoms with Crippen LogP contribution in [0, 0.1) is 46.3 Å². The van der Waals surface area contributed by atoms with Crippen LogP contribution in [0.25, 0.3) is 0 Å². The summed E-state index contributed by atoms with van der Waals surface area (Å²) in [5, 5.41) is 20.5. The molecular formula is C26H46O3. The van der Waals surface area contributed by atoms with E-state index in [1.54, 1.807) is 0 Å². The van der Waals surface area contributed by atoms with Crippen molar-refractivity contribution >= 4 is 5.97 Å². The van der Waals surface area contributed by atoms with Gasteiger partial charge in [-0.3, -0.25) is 4.79 Å². The number of aliphatic hydroxyl groups excluding tert-OH is 1. The van der Waals surface area contributed by atoms with Crippen molar-refractivity contribution in [2.45, 2.75) is 111 Å². The Morgan fingerprint density at radius 2 is 1.76 bits per heavy atom. The Morgan fingerprint density at radius 1 is 1.03 bits per heavy atom. The van der Waals surface area contributed by atoms with Crippen molar-refractivity contribution in [2.75, 3.05) is 0 Å². The van der Waals surface area contributed by atoms with Crippen LogP contribution in [0.2, 0.25) is 0 Å². The van der Waals surface area contributed by atoms with Crippen LogP contribution in [0.5, 0.6) is 0 Å². The minimum Gasteiger partial charge on any atom is -0.481 e. The molecule has 4 aliphatic carbocycles. The predicted octanol–water partition coefficient (Wildman–Crippen LogP) is 6.53. The van der Waals surface area contributed by atoms with E-state index < -0.39 is 5.97 Å². The number of hydrogen-bond acceptors (Lipinski definition) is 2. The van der Waals surface area contributed by atoms with Crippen molar-refractivity contribution < 1.29 is 15.0 Å². The van der Waals surface area contributed by atoms with E-state index >= 15 is 0 Å². The molecule has 29 heavy (non-hydrogen) atoms. The van der Waals surface area contributed by atoms with E-state index in [-0.39, 0.29) is 17.9 Å². The molecule has 0 aromatic carbocycles. The molecule has 0 radical (unpaired) electrons. The van der Waals surface area contributed by atoms with Crippen LogP contribution in [-0.2, 0) is 4.79 Å². The molecule has 0 aliphatic heterocycles. The Kier molecular flexibility index (Phi) is 7.08. The number of carboxylic acid groups (broad SMARTS) is 1. The molecule has 2 N–H and O–H groups in total. The maximum absolute atomic E-state index is 11.4. The van der Waals surface area contributed by atoms with Crippen molar-refractivity contribution in [3.8, 4) is 0 Å². The van der Waals surface area contributed by atoms with Crippen LogP contribution in [0.1, 0.15) is 105 Å². The summed E-state index contributed by atoms with van der Waals surface area (Å²) in [5.41, 5.74) is 0.561. The van der Waals surface area contributed by atoms with E-state index in [0.29, 0.717) is 29.1 Å². The lowest BCUT2D eigenvalue weighted by Crippen LogP contribution is -2.58. The van der Waals surface area contributed by atoms with Gasteiger partial charge in [-0.2, -0.15) is 0 Å². The van der Waals surface area contributed by atoms with E-state index in [1.807, 2.05) is 13.8 Å². The average Bonchev–Trinajstić information content (AvgIpc) is 3.03. The van der Waals surface area contributed by atoms with Crippen LogP contribution in [0.3, 0.4) is 0 Å². The van der Waals surface area contributed by atoms with Crippen molar-refractivity contribution in [3.05, 3.63) is 0 Å². The second-order valence-electron chi connectivity index (χ2n) is 11.2. The number of fused-ring (bicyclic) bond motifs is 5. The molecule has 9 atom stereocenters. The van der Waals surface area contributed by atoms with Gasteiger partial charge in [0.05, 0.1) is 6.10 Å². The molecule has 4 aliphatic rings. The zero-order valence-corrected chi connectivity index (χ0v) is 19.6. The minimum atomic E-state index is -0.672. The lowest BCUT2D eigenvalue weighted by atomic mass is 9.43. The molecule has 3 nitrogen and oxygen atoms in total. The smallest absolute Gasteiger partial charge is 0.303 e. The average molecular weight is 407 g/mol. The Morgan fingerprint density at radius 3 is 2.45 bits per heavy atom. The van der Waals surface area contributed by atoms with Gasteiger partial charge in [-0.15, -0.1) is 0 Å². The molecule has 8 unspecified atom stereocenters. The molecule has 168 valence electrons. The standard InChI is InChI=1S/C24H40O3.C2H6/c1-15(7-12-21(26)27)18-10-11-19-17-9-8-16-6-4-5-13-23(16,2)22(17)20(25)14-24(18,19)3;1-2/h15-20,22,25H,4-14H2,1-3H3,(H,26,27);1-2H3/t15-,16?,17?,18?,19?,20?,22?,23?,24?;/m1./s1. The van der Waals surface area contributed by atoms with Gasteiger partial charge in [0.2, 0.25) is 0 Å². The SMILES string of the molecule is CC.C[C@H](CCC(=O)O)C1CCC2C3CCC4CCCCC4(C)C3C(O)CC21C. The van der Waals surface area contributed by atoms with Gasteiger partial charge in [0, 0.05) is 6.42 Å². The molecule has 0 heterocycles. The van der Waals surface area contributed by atoms with Crippen molar-refractivity contribution in [2.24, 2.45) is 46.3 Å². The summed E-state index contributed by atoms with van der Waals surface area (Å²) >= 11 is 0. The predicted molar refractivity (Wildman–Crippen MR) is 119 cm³/mol. The highest BCUT2D eigenvalue weighted by atomic mass is 16.4. The van der Waals surface area contributed by atoms with Gasteiger partial charge < -0.3 is 10.2 Å². The van der Waals surface area contributed by atoms with Gasteiger partial charge in [-0.05, 0) is 97.7 Å². The van der Waals surface area contributed by atoms with Gasteiger partial charge in [0.25, 0.3) is 0 Å². The maximum Gasteiger partial charge on any atom is 0.303 e.